The topological polar surface area (TPSA) is 12.0 Å². The molecule has 1 heterocycles. The molecule has 1 unspecified atom stereocenters. The highest BCUT2D eigenvalue weighted by Gasteiger charge is 2.20. The van der Waals surface area contributed by atoms with E-state index in [1.54, 1.807) is 0 Å². The van der Waals surface area contributed by atoms with Gasteiger partial charge in [-0.2, -0.15) is 0 Å². The summed E-state index contributed by atoms with van der Waals surface area (Å²) in [6.45, 7) is 0.795. The van der Waals surface area contributed by atoms with Gasteiger partial charge in [0.2, 0.25) is 0 Å². The van der Waals surface area contributed by atoms with Crippen molar-refractivity contribution in [1.82, 2.24) is 5.32 Å². The van der Waals surface area contributed by atoms with E-state index >= 15 is 0 Å². The minimum atomic E-state index is -1.13. The summed E-state index contributed by atoms with van der Waals surface area (Å²) in [7, 11) is 0. The molecule has 1 fully saturated rings. The zero-order valence-electron chi connectivity index (χ0n) is 8.19. The van der Waals surface area contributed by atoms with Crippen LogP contribution < -0.4 is 5.32 Å². The van der Waals surface area contributed by atoms with E-state index in [1.165, 1.54) is 0 Å². The lowest BCUT2D eigenvalue weighted by molar-refractivity contribution is 0.393. The van der Waals surface area contributed by atoms with Crippen molar-refractivity contribution < 1.29 is 13.2 Å². The number of hydrogen-bond donors (Lipinski definition) is 1. The Morgan fingerprint density at radius 3 is 2.40 bits per heavy atom. The molecule has 0 amide bonds. The second-order valence-corrected chi connectivity index (χ2v) is 3.79. The molecule has 1 aromatic carbocycles. The van der Waals surface area contributed by atoms with Crippen molar-refractivity contribution in [3.05, 3.63) is 35.1 Å². The molecule has 0 spiro atoms. The Morgan fingerprint density at radius 1 is 1.00 bits per heavy atom. The minimum absolute atomic E-state index is 0.186. The number of halogens is 3. The Labute approximate surface area is 86.3 Å². The lowest BCUT2D eigenvalue weighted by atomic mass is 9.97. The molecule has 0 aliphatic carbocycles. The molecule has 1 saturated heterocycles. The zero-order valence-corrected chi connectivity index (χ0v) is 8.19. The predicted octanol–water partition coefficient (Wildman–Crippen LogP) is 2.92. The Bertz CT molecular complexity index is 359. The molecule has 82 valence electrons. The monoisotopic (exact) mass is 215 g/mol. The van der Waals surface area contributed by atoms with Crippen LogP contribution in [-0.2, 0) is 0 Å². The first-order valence-electron chi connectivity index (χ1n) is 5.06. The van der Waals surface area contributed by atoms with E-state index in [0.29, 0.717) is 6.07 Å². The quantitative estimate of drug-likeness (QED) is 0.710. The average molecular weight is 215 g/mol. The SMILES string of the molecule is Fc1cc(F)c(C2CCCCN2)cc1F. The van der Waals surface area contributed by atoms with Gasteiger partial charge in [-0.05, 0) is 25.5 Å². The maximum Gasteiger partial charge on any atom is 0.161 e. The number of benzene rings is 1. The van der Waals surface area contributed by atoms with Gasteiger partial charge in [0.1, 0.15) is 5.82 Å². The van der Waals surface area contributed by atoms with Crippen LogP contribution in [0.2, 0.25) is 0 Å². The highest BCUT2D eigenvalue weighted by molar-refractivity contribution is 5.23. The van der Waals surface area contributed by atoms with Crippen molar-refractivity contribution in [3.63, 3.8) is 0 Å². The van der Waals surface area contributed by atoms with Crippen LogP contribution in [0.25, 0.3) is 0 Å². The first kappa shape index (κ1) is 10.5. The second kappa shape index (κ2) is 4.23. The summed E-state index contributed by atoms with van der Waals surface area (Å²) >= 11 is 0. The molecule has 1 aliphatic heterocycles. The molecule has 4 heteroatoms. The molecular formula is C11H12F3N. The molecule has 2 rings (SSSR count). The third-order valence-corrected chi connectivity index (χ3v) is 2.73. The third-order valence-electron chi connectivity index (χ3n) is 2.73. The molecule has 1 N–H and O–H groups in total. The second-order valence-electron chi connectivity index (χ2n) is 3.79. The molecule has 1 atom stereocenters. The largest absolute Gasteiger partial charge is 0.310 e. The van der Waals surface area contributed by atoms with Gasteiger partial charge in [0.15, 0.2) is 11.6 Å². The number of piperidine rings is 1. The standard InChI is InChI=1S/C11H12F3N/c12-8-6-10(14)9(13)5-7(8)11-3-1-2-4-15-11/h5-6,11,15H,1-4H2. The smallest absolute Gasteiger partial charge is 0.161 e. The van der Waals surface area contributed by atoms with E-state index in [2.05, 4.69) is 5.32 Å². The molecule has 0 radical (unpaired) electrons. The van der Waals surface area contributed by atoms with Crippen LogP contribution in [0.4, 0.5) is 13.2 Å². The van der Waals surface area contributed by atoms with Crippen molar-refractivity contribution in [2.75, 3.05) is 6.54 Å². The Hall–Kier alpha value is -1.03. The van der Waals surface area contributed by atoms with Gasteiger partial charge >= 0.3 is 0 Å². The normalized spacial score (nSPS) is 21.7. The van der Waals surface area contributed by atoms with Crippen molar-refractivity contribution in [2.45, 2.75) is 25.3 Å². The van der Waals surface area contributed by atoms with Crippen LogP contribution in [0.3, 0.4) is 0 Å². The summed E-state index contributed by atoms with van der Waals surface area (Å²) in [6.07, 6.45) is 2.79. The Kier molecular flexibility index (Phi) is 2.95. The molecule has 1 aliphatic rings. The van der Waals surface area contributed by atoms with Gasteiger partial charge in [-0.25, -0.2) is 13.2 Å². The van der Waals surface area contributed by atoms with E-state index in [4.69, 9.17) is 0 Å². The van der Waals surface area contributed by atoms with Gasteiger partial charge in [0, 0.05) is 17.7 Å². The molecule has 0 bridgehead atoms. The Balaban J connectivity index is 2.30. The van der Waals surface area contributed by atoms with Crippen LogP contribution >= 0.6 is 0 Å². The molecule has 0 saturated carbocycles. The third kappa shape index (κ3) is 2.15. The Morgan fingerprint density at radius 2 is 1.73 bits per heavy atom. The molecule has 1 aromatic rings. The predicted molar refractivity (Wildman–Crippen MR) is 50.9 cm³/mol. The van der Waals surface area contributed by atoms with Crippen molar-refractivity contribution in [1.29, 1.82) is 0 Å². The van der Waals surface area contributed by atoms with E-state index in [-0.39, 0.29) is 11.6 Å². The summed E-state index contributed by atoms with van der Waals surface area (Å²) in [5.41, 5.74) is 0.230. The first-order valence-corrected chi connectivity index (χ1v) is 5.06. The molecule has 0 aromatic heterocycles. The summed E-state index contributed by atoms with van der Waals surface area (Å²) in [5.74, 6) is -2.79. The molecule has 15 heavy (non-hydrogen) atoms. The summed E-state index contributed by atoms with van der Waals surface area (Å²) in [4.78, 5) is 0. The summed E-state index contributed by atoms with van der Waals surface area (Å²) in [6, 6.07) is 1.38. The van der Waals surface area contributed by atoms with Gasteiger partial charge < -0.3 is 5.32 Å². The van der Waals surface area contributed by atoms with Gasteiger partial charge in [0.05, 0.1) is 0 Å². The maximum absolute atomic E-state index is 13.4. The van der Waals surface area contributed by atoms with Gasteiger partial charge in [-0.1, -0.05) is 6.42 Å². The fourth-order valence-electron chi connectivity index (χ4n) is 1.92. The molecular weight excluding hydrogens is 203 g/mol. The molecule has 1 nitrogen and oxygen atoms in total. The summed E-state index contributed by atoms with van der Waals surface area (Å²) < 4.78 is 39.0. The highest BCUT2D eigenvalue weighted by atomic mass is 19.2. The van der Waals surface area contributed by atoms with E-state index in [9.17, 15) is 13.2 Å². The van der Waals surface area contributed by atoms with Crippen molar-refractivity contribution >= 4 is 0 Å². The van der Waals surface area contributed by atoms with E-state index in [1.807, 2.05) is 0 Å². The van der Waals surface area contributed by atoms with Crippen LogP contribution in [0.15, 0.2) is 12.1 Å². The van der Waals surface area contributed by atoms with Crippen LogP contribution in [0.5, 0.6) is 0 Å². The maximum atomic E-state index is 13.4. The number of nitrogens with one attached hydrogen (secondary N) is 1. The van der Waals surface area contributed by atoms with Gasteiger partial charge in [0.25, 0.3) is 0 Å². The van der Waals surface area contributed by atoms with Crippen LogP contribution in [-0.4, -0.2) is 6.54 Å². The van der Waals surface area contributed by atoms with Gasteiger partial charge in [-0.15, -0.1) is 0 Å². The minimum Gasteiger partial charge on any atom is -0.310 e. The fraction of sp³-hybridized carbons (Fsp3) is 0.455. The van der Waals surface area contributed by atoms with E-state index in [0.717, 1.165) is 31.9 Å². The summed E-state index contributed by atoms with van der Waals surface area (Å²) in [5, 5.41) is 3.09. The number of hydrogen-bond acceptors (Lipinski definition) is 1. The lowest BCUT2D eigenvalue weighted by Gasteiger charge is -2.24. The zero-order chi connectivity index (χ0) is 10.8. The fourth-order valence-corrected chi connectivity index (χ4v) is 1.92. The van der Waals surface area contributed by atoms with E-state index < -0.39 is 17.5 Å². The van der Waals surface area contributed by atoms with Crippen LogP contribution in [0.1, 0.15) is 30.9 Å². The highest BCUT2D eigenvalue weighted by Crippen LogP contribution is 2.26. The van der Waals surface area contributed by atoms with Crippen molar-refractivity contribution in [2.24, 2.45) is 0 Å². The van der Waals surface area contributed by atoms with Gasteiger partial charge in [-0.3, -0.25) is 0 Å². The number of rotatable bonds is 1. The first-order chi connectivity index (χ1) is 7.18. The van der Waals surface area contributed by atoms with Crippen molar-refractivity contribution in [3.8, 4) is 0 Å². The van der Waals surface area contributed by atoms with Crippen LogP contribution in [0, 0.1) is 17.5 Å². The lowest BCUT2D eigenvalue weighted by Crippen LogP contribution is -2.27. The average Bonchev–Trinajstić information content (AvgIpc) is 2.25.